The molecule has 2 nitrogen and oxygen atoms in total. The van der Waals surface area contributed by atoms with Gasteiger partial charge in [0.25, 0.3) is 0 Å². The summed E-state index contributed by atoms with van der Waals surface area (Å²) in [4.78, 5) is 14.7. The predicted molar refractivity (Wildman–Crippen MR) is 100 cm³/mol. The number of hydrogen-bond donors (Lipinski definition) is 1. The van der Waals surface area contributed by atoms with Gasteiger partial charge < -0.3 is 5.32 Å². The molecule has 0 amide bonds. The van der Waals surface area contributed by atoms with E-state index in [1.54, 1.807) is 30.0 Å². The number of benzene rings is 3. The van der Waals surface area contributed by atoms with Crippen molar-refractivity contribution >= 4 is 35.0 Å². The summed E-state index contributed by atoms with van der Waals surface area (Å²) < 4.78 is 13.2. The first kappa shape index (κ1) is 15.7. The van der Waals surface area contributed by atoms with E-state index in [2.05, 4.69) is 11.4 Å². The number of para-hydroxylation sites is 1. The number of halogens is 1. The Morgan fingerprint density at radius 1 is 0.920 bits per heavy atom. The lowest BCUT2D eigenvalue weighted by molar-refractivity contribution is 0.104. The normalized spacial score (nSPS) is 12.4. The minimum Gasteiger partial charge on any atom is -0.354 e. The van der Waals surface area contributed by atoms with Crippen molar-refractivity contribution in [3.05, 3.63) is 89.8 Å². The molecule has 3 aromatic rings. The molecule has 0 radical (unpaired) electrons. The third-order valence-electron chi connectivity index (χ3n) is 3.92. The van der Waals surface area contributed by atoms with Gasteiger partial charge in [-0.05, 0) is 54.1 Å². The van der Waals surface area contributed by atoms with Crippen LogP contribution in [-0.4, -0.2) is 5.78 Å². The molecule has 0 saturated carbocycles. The van der Waals surface area contributed by atoms with Crippen molar-refractivity contribution in [3.63, 3.8) is 0 Å². The number of carbonyl (C=O) groups excluding carboxylic acids is 1. The minimum atomic E-state index is -0.316. The largest absolute Gasteiger partial charge is 0.354 e. The maximum Gasteiger partial charge on any atom is 0.185 e. The Morgan fingerprint density at radius 3 is 2.64 bits per heavy atom. The summed E-state index contributed by atoms with van der Waals surface area (Å²) in [7, 11) is 0. The number of fused-ring (bicyclic) bond motifs is 2. The van der Waals surface area contributed by atoms with Crippen LogP contribution in [0.3, 0.4) is 0 Å². The molecule has 1 N–H and O–H groups in total. The highest BCUT2D eigenvalue weighted by atomic mass is 32.2. The third-order valence-corrected chi connectivity index (χ3v) is 5.07. The van der Waals surface area contributed by atoms with Crippen molar-refractivity contribution in [2.45, 2.75) is 9.79 Å². The number of ketones is 1. The fraction of sp³-hybridized carbons (Fsp3) is 0. The van der Waals surface area contributed by atoms with E-state index in [0.29, 0.717) is 11.1 Å². The van der Waals surface area contributed by atoms with E-state index in [4.69, 9.17) is 0 Å². The molecule has 3 aromatic carbocycles. The lowest BCUT2D eigenvalue weighted by Gasteiger charge is -2.20. The van der Waals surface area contributed by atoms with Gasteiger partial charge in [0.1, 0.15) is 5.82 Å². The van der Waals surface area contributed by atoms with Crippen molar-refractivity contribution in [1.29, 1.82) is 0 Å². The quantitative estimate of drug-likeness (QED) is 0.368. The average Bonchev–Trinajstić information content (AvgIpc) is 2.64. The van der Waals surface area contributed by atoms with Gasteiger partial charge in [0.15, 0.2) is 5.78 Å². The zero-order valence-electron chi connectivity index (χ0n) is 13.2. The Labute approximate surface area is 149 Å². The van der Waals surface area contributed by atoms with Crippen LogP contribution in [0, 0.1) is 5.82 Å². The standard InChI is InChI=1S/C21H14FNOS/c22-16-5-3-4-14(12-16)8-10-19(24)15-9-11-21-18(13-15)23-17-6-1-2-7-20(17)25-21/h1-13,23H/b10-8+. The highest BCUT2D eigenvalue weighted by molar-refractivity contribution is 7.99. The summed E-state index contributed by atoms with van der Waals surface area (Å²) in [6, 6.07) is 19.9. The lowest BCUT2D eigenvalue weighted by atomic mass is 10.1. The van der Waals surface area contributed by atoms with Crippen molar-refractivity contribution in [1.82, 2.24) is 0 Å². The fourth-order valence-corrected chi connectivity index (χ4v) is 3.64. The van der Waals surface area contributed by atoms with Crippen LogP contribution < -0.4 is 5.32 Å². The van der Waals surface area contributed by atoms with Crippen molar-refractivity contribution in [3.8, 4) is 0 Å². The fourth-order valence-electron chi connectivity index (χ4n) is 2.67. The summed E-state index contributed by atoms with van der Waals surface area (Å²) in [5, 5.41) is 3.37. The van der Waals surface area contributed by atoms with Crippen LogP contribution >= 0.6 is 11.8 Å². The molecular weight excluding hydrogens is 333 g/mol. The summed E-state index contributed by atoms with van der Waals surface area (Å²) in [5.74, 6) is -0.430. The molecule has 1 aliphatic heterocycles. The van der Waals surface area contributed by atoms with Gasteiger partial charge in [0, 0.05) is 15.4 Å². The summed E-state index contributed by atoms with van der Waals surface area (Å²) in [5.41, 5.74) is 3.22. The second-order valence-corrected chi connectivity index (χ2v) is 6.77. The summed E-state index contributed by atoms with van der Waals surface area (Å²) in [6.45, 7) is 0. The first-order valence-corrected chi connectivity index (χ1v) is 8.67. The summed E-state index contributed by atoms with van der Waals surface area (Å²) >= 11 is 1.68. The third kappa shape index (κ3) is 3.35. The van der Waals surface area contributed by atoms with Gasteiger partial charge in [-0.25, -0.2) is 4.39 Å². The molecule has 1 aliphatic rings. The number of anilines is 2. The molecular formula is C21H14FNOS. The van der Waals surface area contributed by atoms with Crippen LogP contribution in [0.2, 0.25) is 0 Å². The Morgan fingerprint density at radius 2 is 1.76 bits per heavy atom. The second kappa shape index (κ2) is 6.57. The van der Waals surface area contributed by atoms with E-state index in [-0.39, 0.29) is 11.6 Å². The van der Waals surface area contributed by atoms with Gasteiger partial charge >= 0.3 is 0 Å². The van der Waals surface area contributed by atoms with E-state index < -0.39 is 0 Å². The average molecular weight is 347 g/mol. The molecule has 122 valence electrons. The van der Waals surface area contributed by atoms with Gasteiger partial charge in [-0.1, -0.05) is 42.1 Å². The minimum absolute atomic E-state index is 0.113. The molecule has 25 heavy (non-hydrogen) atoms. The Hall–Kier alpha value is -2.85. The Balaban J connectivity index is 1.57. The highest BCUT2D eigenvalue weighted by Crippen LogP contribution is 2.44. The highest BCUT2D eigenvalue weighted by Gasteiger charge is 2.16. The van der Waals surface area contributed by atoms with Crippen LogP contribution in [-0.2, 0) is 0 Å². The predicted octanol–water partition coefficient (Wildman–Crippen LogP) is 5.93. The molecule has 0 atom stereocenters. The van der Waals surface area contributed by atoms with E-state index in [0.717, 1.165) is 16.3 Å². The van der Waals surface area contributed by atoms with Crippen LogP contribution in [0.15, 0.2) is 82.6 Å². The molecule has 0 saturated heterocycles. The lowest BCUT2D eigenvalue weighted by Crippen LogP contribution is -2.02. The smallest absolute Gasteiger partial charge is 0.185 e. The first-order valence-electron chi connectivity index (χ1n) is 7.85. The van der Waals surface area contributed by atoms with E-state index in [1.165, 1.54) is 23.1 Å². The molecule has 4 heteroatoms. The van der Waals surface area contributed by atoms with Gasteiger partial charge in [-0.2, -0.15) is 0 Å². The summed E-state index contributed by atoms with van der Waals surface area (Å²) in [6.07, 6.45) is 3.10. The van der Waals surface area contributed by atoms with Crippen LogP contribution in [0.4, 0.5) is 15.8 Å². The van der Waals surface area contributed by atoms with Gasteiger partial charge in [0.05, 0.1) is 11.4 Å². The van der Waals surface area contributed by atoms with Gasteiger partial charge in [0.2, 0.25) is 0 Å². The van der Waals surface area contributed by atoms with Crippen LogP contribution in [0.1, 0.15) is 15.9 Å². The van der Waals surface area contributed by atoms with Gasteiger partial charge in [-0.3, -0.25) is 4.79 Å². The SMILES string of the molecule is O=C(/C=C/c1cccc(F)c1)c1ccc2c(c1)Nc1ccccc1S2. The zero-order valence-corrected chi connectivity index (χ0v) is 14.0. The van der Waals surface area contributed by atoms with Crippen LogP contribution in [0.5, 0.6) is 0 Å². The Bertz CT molecular complexity index is 997. The molecule has 0 spiro atoms. The number of nitrogens with one attached hydrogen (secondary N) is 1. The molecule has 0 bridgehead atoms. The van der Waals surface area contributed by atoms with Crippen LogP contribution in [0.25, 0.3) is 6.08 Å². The van der Waals surface area contributed by atoms with Crippen molar-refractivity contribution < 1.29 is 9.18 Å². The maximum atomic E-state index is 13.2. The molecule has 0 aromatic heterocycles. The van der Waals surface area contributed by atoms with Crippen molar-refractivity contribution in [2.24, 2.45) is 0 Å². The first-order chi connectivity index (χ1) is 12.2. The molecule has 0 aliphatic carbocycles. The molecule has 0 unspecified atom stereocenters. The topological polar surface area (TPSA) is 29.1 Å². The number of carbonyl (C=O) groups is 1. The van der Waals surface area contributed by atoms with E-state index in [1.807, 2.05) is 36.4 Å². The van der Waals surface area contributed by atoms with E-state index >= 15 is 0 Å². The molecule has 1 heterocycles. The van der Waals surface area contributed by atoms with Gasteiger partial charge in [-0.15, -0.1) is 0 Å². The second-order valence-electron chi connectivity index (χ2n) is 5.69. The zero-order chi connectivity index (χ0) is 17.2. The van der Waals surface area contributed by atoms with Crippen molar-refractivity contribution in [2.75, 3.05) is 5.32 Å². The number of allylic oxidation sites excluding steroid dienone is 1. The maximum absolute atomic E-state index is 13.2. The number of rotatable bonds is 3. The monoisotopic (exact) mass is 347 g/mol. The molecule has 4 rings (SSSR count). The number of hydrogen-bond acceptors (Lipinski definition) is 3. The Kier molecular flexibility index (Phi) is 4.12. The molecule has 0 fully saturated rings. The van der Waals surface area contributed by atoms with E-state index in [9.17, 15) is 9.18 Å².